The number of hydrogen-bond acceptors (Lipinski definition) is 4. The van der Waals surface area contributed by atoms with Crippen molar-refractivity contribution in [3.8, 4) is 0 Å². The Bertz CT molecular complexity index is 205. The number of thiol groups is 1. The summed E-state index contributed by atoms with van der Waals surface area (Å²) in [4.78, 5) is 0. The molecule has 0 bridgehead atoms. The second-order valence-corrected chi connectivity index (χ2v) is 8.94. The molecule has 0 aliphatic carbocycles. The van der Waals surface area contributed by atoms with Crippen LogP contribution in [0.5, 0.6) is 0 Å². The van der Waals surface area contributed by atoms with E-state index in [9.17, 15) is 0 Å². The molecule has 0 heterocycles. The smallest absolute Gasteiger partial charge is 0.373 e. The second kappa shape index (κ2) is 13.1. The van der Waals surface area contributed by atoms with Gasteiger partial charge in [-0.25, -0.2) is 0 Å². The van der Waals surface area contributed by atoms with Crippen LogP contribution in [0.3, 0.4) is 0 Å². The highest BCUT2D eigenvalue weighted by atomic mass is 32.1. The van der Waals surface area contributed by atoms with Crippen molar-refractivity contribution in [1.82, 2.24) is 0 Å². The maximum absolute atomic E-state index is 6.12. The van der Waals surface area contributed by atoms with E-state index in [2.05, 4.69) is 40.3 Å². The largest absolute Gasteiger partial charge is 0.500 e. The average Bonchev–Trinajstić information content (AvgIpc) is 2.39. The number of unbranched alkanes of at least 4 members (excludes halogenated alkanes) is 2. The summed E-state index contributed by atoms with van der Waals surface area (Å²) in [5.74, 6) is 0. The van der Waals surface area contributed by atoms with Gasteiger partial charge in [-0.3, -0.25) is 0 Å². The van der Waals surface area contributed by atoms with Crippen LogP contribution in [0.1, 0.15) is 66.2 Å². The molecular formula is C15H34O3SSi. The number of hydrogen-bond donors (Lipinski definition) is 1. The third-order valence-corrected chi connectivity index (χ3v) is 6.36. The molecule has 0 amide bonds. The van der Waals surface area contributed by atoms with Gasteiger partial charge < -0.3 is 13.3 Å². The first-order valence-corrected chi connectivity index (χ1v) is 10.6. The van der Waals surface area contributed by atoms with Crippen LogP contribution < -0.4 is 0 Å². The van der Waals surface area contributed by atoms with E-state index in [4.69, 9.17) is 13.3 Å². The maximum atomic E-state index is 6.12. The van der Waals surface area contributed by atoms with Gasteiger partial charge in [0.2, 0.25) is 0 Å². The molecule has 0 N–H and O–H groups in total. The van der Waals surface area contributed by atoms with Crippen LogP contribution in [-0.2, 0) is 13.3 Å². The van der Waals surface area contributed by atoms with E-state index in [0.717, 1.165) is 57.8 Å². The first-order chi connectivity index (χ1) is 9.60. The van der Waals surface area contributed by atoms with Crippen LogP contribution in [0.25, 0.3) is 0 Å². The first kappa shape index (κ1) is 20.4. The topological polar surface area (TPSA) is 27.7 Å². The minimum atomic E-state index is -2.47. The lowest BCUT2D eigenvalue weighted by Gasteiger charge is -2.30. The Balaban J connectivity index is 4.45. The second-order valence-electron chi connectivity index (χ2n) is 5.32. The van der Waals surface area contributed by atoms with Gasteiger partial charge in [-0.05, 0) is 19.3 Å². The first-order valence-electron chi connectivity index (χ1n) is 8.20. The number of rotatable bonds is 14. The van der Waals surface area contributed by atoms with Crippen molar-refractivity contribution >= 4 is 21.4 Å². The normalized spacial score (nSPS) is 13.7. The van der Waals surface area contributed by atoms with E-state index in [1.165, 1.54) is 0 Å². The van der Waals surface area contributed by atoms with Crippen molar-refractivity contribution in [2.45, 2.75) is 77.5 Å². The Hall–Kier alpha value is 0.447. The molecule has 0 aromatic rings. The van der Waals surface area contributed by atoms with Crippen LogP contribution in [0.15, 0.2) is 0 Å². The summed E-state index contributed by atoms with van der Waals surface area (Å²) in [5, 5.41) is 0.356. The molecule has 3 nitrogen and oxygen atoms in total. The highest BCUT2D eigenvalue weighted by Gasteiger charge is 2.40. The summed E-state index contributed by atoms with van der Waals surface area (Å²) < 4.78 is 18.3. The fourth-order valence-corrected chi connectivity index (χ4v) is 4.52. The van der Waals surface area contributed by atoms with Gasteiger partial charge in [0, 0.05) is 31.1 Å². The third kappa shape index (κ3) is 10.2. The predicted molar refractivity (Wildman–Crippen MR) is 91.6 cm³/mol. The van der Waals surface area contributed by atoms with Gasteiger partial charge >= 0.3 is 8.80 Å². The van der Waals surface area contributed by atoms with Crippen LogP contribution in [0, 0.1) is 0 Å². The lowest BCUT2D eigenvalue weighted by molar-refractivity contribution is 0.0564. The van der Waals surface area contributed by atoms with Crippen molar-refractivity contribution in [3.05, 3.63) is 0 Å². The van der Waals surface area contributed by atoms with E-state index in [1.807, 2.05) is 0 Å². The van der Waals surface area contributed by atoms with E-state index in [0.29, 0.717) is 11.9 Å². The zero-order valence-corrected chi connectivity index (χ0v) is 15.7. The fourth-order valence-electron chi connectivity index (χ4n) is 1.78. The van der Waals surface area contributed by atoms with Crippen molar-refractivity contribution in [3.63, 3.8) is 0 Å². The fraction of sp³-hybridized carbons (Fsp3) is 1.00. The zero-order valence-electron chi connectivity index (χ0n) is 13.8. The zero-order chi connectivity index (χ0) is 15.3. The summed E-state index contributed by atoms with van der Waals surface area (Å²) in [5.41, 5.74) is 0. The standard InChI is InChI=1S/C15H34O3SSi/c1-5-8-11-16-20(14-7-3,17-12-9-6-2)18-13-10-15(4)19/h15,19H,5-14H2,1-4H3. The summed E-state index contributed by atoms with van der Waals surface area (Å²) in [6.07, 6.45) is 6.40. The molecule has 1 unspecified atom stereocenters. The van der Waals surface area contributed by atoms with E-state index < -0.39 is 8.80 Å². The third-order valence-electron chi connectivity index (χ3n) is 3.05. The van der Waals surface area contributed by atoms with Crippen LogP contribution in [-0.4, -0.2) is 33.9 Å². The quantitative estimate of drug-likeness (QED) is 0.285. The van der Waals surface area contributed by atoms with Crippen molar-refractivity contribution in [1.29, 1.82) is 0 Å². The minimum absolute atomic E-state index is 0.356. The van der Waals surface area contributed by atoms with E-state index >= 15 is 0 Å². The Kier molecular flexibility index (Phi) is 13.4. The van der Waals surface area contributed by atoms with Gasteiger partial charge in [-0.15, -0.1) is 0 Å². The molecule has 0 fully saturated rings. The molecule has 122 valence electrons. The van der Waals surface area contributed by atoms with Crippen molar-refractivity contribution < 1.29 is 13.3 Å². The molecule has 0 radical (unpaired) electrons. The maximum Gasteiger partial charge on any atom is 0.500 e. The molecule has 1 atom stereocenters. The molecule has 0 saturated heterocycles. The van der Waals surface area contributed by atoms with E-state index in [1.54, 1.807) is 0 Å². The monoisotopic (exact) mass is 322 g/mol. The molecule has 0 aromatic carbocycles. The summed E-state index contributed by atoms with van der Waals surface area (Å²) in [6.45, 7) is 10.8. The molecule has 0 aliphatic rings. The SMILES string of the molecule is CCCCO[Si](CCC)(OCCCC)OCCC(C)S. The predicted octanol–water partition coefficient (Wildman–Crippen LogP) is 4.69. The van der Waals surface area contributed by atoms with E-state index in [-0.39, 0.29) is 0 Å². The van der Waals surface area contributed by atoms with Gasteiger partial charge in [0.25, 0.3) is 0 Å². The summed E-state index contributed by atoms with van der Waals surface area (Å²) >= 11 is 4.41. The van der Waals surface area contributed by atoms with Gasteiger partial charge in [0.05, 0.1) is 0 Å². The minimum Gasteiger partial charge on any atom is -0.373 e. The Morgan fingerprint density at radius 2 is 1.35 bits per heavy atom. The molecular weight excluding hydrogens is 288 g/mol. The van der Waals surface area contributed by atoms with Crippen LogP contribution >= 0.6 is 12.6 Å². The highest BCUT2D eigenvalue weighted by Crippen LogP contribution is 2.20. The van der Waals surface area contributed by atoms with Crippen LogP contribution in [0.4, 0.5) is 0 Å². The molecule has 20 heavy (non-hydrogen) atoms. The molecule has 5 heteroatoms. The van der Waals surface area contributed by atoms with Gasteiger partial charge in [0.1, 0.15) is 0 Å². The van der Waals surface area contributed by atoms with Crippen LogP contribution in [0.2, 0.25) is 6.04 Å². The molecule has 0 aliphatic heterocycles. The molecule has 0 spiro atoms. The summed E-state index contributed by atoms with van der Waals surface area (Å²) in [7, 11) is -2.47. The molecule has 0 rings (SSSR count). The van der Waals surface area contributed by atoms with Crippen molar-refractivity contribution in [2.75, 3.05) is 19.8 Å². The highest BCUT2D eigenvalue weighted by molar-refractivity contribution is 7.80. The van der Waals surface area contributed by atoms with Gasteiger partial charge in [0.15, 0.2) is 0 Å². The molecule has 0 aromatic heterocycles. The Morgan fingerprint density at radius 3 is 1.75 bits per heavy atom. The Morgan fingerprint density at radius 1 is 0.850 bits per heavy atom. The van der Waals surface area contributed by atoms with Gasteiger partial charge in [-0.1, -0.05) is 47.0 Å². The van der Waals surface area contributed by atoms with Crippen molar-refractivity contribution in [2.24, 2.45) is 0 Å². The average molecular weight is 323 g/mol. The molecule has 0 saturated carbocycles. The Labute approximate surface area is 132 Å². The summed E-state index contributed by atoms with van der Waals surface area (Å²) in [6, 6.07) is 0.918. The lowest BCUT2D eigenvalue weighted by atomic mass is 10.4. The lowest BCUT2D eigenvalue weighted by Crippen LogP contribution is -2.46. The van der Waals surface area contributed by atoms with Gasteiger partial charge in [-0.2, -0.15) is 12.6 Å².